The largest absolute Gasteiger partial charge is 0.377 e. The molecule has 0 bridgehead atoms. The summed E-state index contributed by atoms with van der Waals surface area (Å²) in [5.74, 6) is 0.997. The van der Waals surface area contributed by atoms with Gasteiger partial charge in [-0.2, -0.15) is 0 Å². The maximum absolute atomic E-state index is 11.0. The number of nitrogens with one attached hydrogen (secondary N) is 1. The topological polar surface area (TPSA) is 41.6 Å². The number of hydrogen-bond acceptors (Lipinski definition) is 3. The first-order valence-corrected chi connectivity index (χ1v) is 6.92. The van der Waals surface area contributed by atoms with E-state index in [0.29, 0.717) is 24.4 Å². The van der Waals surface area contributed by atoms with Crippen molar-refractivity contribution in [3.8, 4) is 0 Å². The van der Waals surface area contributed by atoms with E-state index in [9.17, 15) is 4.79 Å². The molecule has 2 aliphatic rings. The molecular weight excluding hydrogens is 240 g/mol. The Balaban J connectivity index is 2.06. The number of carbonyl (C=O) groups is 1. The van der Waals surface area contributed by atoms with Crippen molar-refractivity contribution in [2.24, 2.45) is 11.8 Å². The minimum Gasteiger partial charge on any atom is -0.377 e. The third-order valence-corrected chi connectivity index (χ3v) is 4.28. The molecule has 0 saturated carbocycles. The molecule has 2 rings (SSSR count). The van der Waals surface area contributed by atoms with Crippen LogP contribution in [0.15, 0.2) is 23.9 Å². The molecule has 0 saturated heterocycles. The Morgan fingerprint density at radius 3 is 2.84 bits per heavy atom. The third-order valence-electron chi connectivity index (χ3n) is 4.28. The average molecular weight is 264 g/mol. The first-order chi connectivity index (χ1) is 9.04. The summed E-state index contributed by atoms with van der Waals surface area (Å²) in [6, 6.07) is 0.439. The van der Waals surface area contributed by atoms with Gasteiger partial charge in [-0.05, 0) is 24.1 Å². The molecular formula is C15H24N2O2. The number of carbonyl (C=O) groups excluding carboxylic acids is 1. The number of hydrogen-bond donors (Lipinski definition) is 1. The van der Waals surface area contributed by atoms with E-state index >= 15 is 0 Å². The van der Waals surface area contributed by atoms with Crippen molar-refractivity contribution < 1.29 is 9.53 Å². The third kappa shape index (κ3) is 2.84. The predicted molar refractivity (Wildman–Crippen MR) is 75.5 cm³/mol. The zero-order valence-corrected chi connectivity index (χ0v) is 12.2. The quantitative estimate of drug-likeness (QED) is 0.783. The van der Waals surface area contributed by atoms with Gasteiger partial charge in [0.15, 0.2) is 0 Å². The molecule has 4 atom stereocenters. The van der Waals surface area contributed by atoms with Crippen molar-refractivity contribution in [1.82, 2.24) is 10.2 Å². The van der Waals surface area contributed by atoms with Gasteiger partial charge in [-0.3, -0.25) is 4.79 Å². The van der Waals surface area contributed by atoms with Crippen LogP contribution in [0.2, 0.25) is 0 Å². The summed E-state index contributed by atoms with van der Waals surface area (Å²) in [6.45, 7) is 4.53. The van der Waals surface area contributed by atoms with Gasteiger partial charge in [0.25, 0.3) is 0 Å². The number of amides is 1. The molecule has 0 radical (unpaired) electrons. The lowest BCUT2D eigenvalue weighted by Gasteiger charge is -2.36. The molecule has 4 heteroatoms. The van der Waals surface area contributed by atoms with Gasteiger partial charge in [-0.25, -0.2) is 0 Å². The van der Waals surface area contributed by atoms with Crippen molar-refractivity contribution in [1.29, 1.82) is 0 Å². The van der Waals surface area contributed by atoms with Gasteiger partial charge < -0.3 is 15.0 Å². The van der Waals surface area contributed by atoms with Crippen LogP contribution in [0, 0.1) is 11.8 Å². The lowest BCUT2D eigenvalue weighted by molar-refractivity contribution is -0.118. The molecule has 4 nitrogen and oxygen atoms in total. The monoisotopic (exact) mass is 264 g/mol. The number of likely N-dealkylation sites (N-methyl/N-ethyl adjacent to an activating group) is 1. The fourth-order valence-corrected chi connectivity index (χ4v) is 3.32. The average Bonchev–Trinajstić information content (AvgIpc) is 2.67. The highest BCUT2D eigenvalue weighted by atomic mass is 16.5. The first kappa shape index (κ1) is 14.1. The summed E-state index contributed by atoms with van der Waals surface area (Å²) in [4.78, 5) is 13.2. The Morgan fingerprint density at radius 2 is 2.21 bits per heavy atom. The molecule has 0 spiro atoms. The normalized spacial score (nSPS) is 33.1. The second kappa shape index (κ2) is 5.78. The van der Waals surface area contributed by atoms with Crippen LogP contribution in [0.1, 0.15) is 20.3 Å². The van der Waals surface area contributed by atoms with Crippen molar-refractivity contribution in [3.05, 3.63) is 23.9 Å². The Labute approximate surface area is 115 Å². The Bertz CT molecular complexity index is 403. The van der Waals surface area contributed by atoms with E-state index in [4.69, 9.17) is 4.74 Å². The van der Waals surface area contributed by atoms with E-state index in [1.165, 1.54) is 5.57 Å². The molecule has 1 aliphatic heterocycles. The van der Waals surface area contributed by atoms with Crippen molar-refractivity contribution in [2.45, 2.75) is 32.4 Å². The van der Waals surface area contributed by atoms with Crippen LogP contribution in [-0.2, 0) is 9.53 Å². The highest BCUT2D eigenvalue weighted by molar-refractivity contribution is 5.72. The van der Waals surface area contributed by atoms with Crippen LogP contribution < -0.4 is 5.32 Å². The summed E-state index contributed by atoms with van der Waals surface area (Å²) in [5, 5.41) is 2.88. The number of methoxy groups -OCH3 is 1. The van der Waals surface area contributed by atoms with Crippen LogP contribution >= 0.6 is 0 Å². The van der Waals surface area contributed by atoms with E-state index < -0.39 is 0 Å². The smallest absolute Gasteiger partial charge is 0.216 e. The lowest BCUT2D eigenvalue weighted by atomic mass is 9.76. The van der Waals surface area contributed by atoms with Gasteiger partial charge >= 0.3 is 0 Å². The molecule has 19 heavy (non-hydrogen) atoms. The highest BCUT2D eigenvalue weighted by Crippen LogP contribution is 2.40. The first-order valence-electron chi connectivity index (χ1n) is 6.92. The Hall–Kier alpha value is -1.29. The SMILES string of the molecule is COC1C=CC2C(C(CCNC(C)=O)=CN2C)C1C. The maximum atomic E-state index is 11.0. The Morgan fingerprint density at radius 1 is 1.47 bits per heavy atom. The fraction of sp³-hybridized carbons (Fsp3) is 0.667. The lowest BCUT2D eigenvalue weighted by Crippen LogP contribution is -2.40. The molecule has 0 aromatic rings. The number of fused-ring (bicyclic) bond motifs is 1. The second-order valence-corrected chi connectivity index (χ2v) is 5.56. The van der Waals surface area contributed by atoms with Crippen molar-refractivity contribution >= 4 is 5.91 Å². The van der Waals surface area contributed by atoms with E-state index in [1.54, 1.807) is 14.0 Å². The summed E-state index contributed by atoms with van der Waals surface area (Å²) in [7, 11) is 3.89. The van der Waals surface area contributed by atoms with Gasteiger partial charge in [-0.15, -0.1) is 0 Å². The molecule has 1 heterocycles. The van der Waals surface area contributed by atoms with Gasteiger partial charge in [0.05, 0.1) is 12.1 Å². The summed E-state index contributed by atoms with van der Waals surface area (Å²) < 4.78 is 5.54. The molecule has 106 valence electrons. The summed E-state index contributed by atoms with van der Waals surface area (Å²) in [6.07, 6.45) is 7.76. The molecule has 0 fully saturated rings. The zero-order valence-electron chi connectivity index (χ0n) is 12.2. The van der Waals surface area contributed by atoms with Gasteiger partial charge in [0.1, 0.15) is 0 Å². The predicted octanol–water partition coefficient (Wildman–Crippen LogP) is 1.55. The van der Waals surface area contributed by atoms with E-state index in [1.807, 2.05) is 0 Å². The van der Waals surface area contributed by atoms with Crippen LogP contribution in [0.3, 0.4) is 0 Å². The molecule has 0 aromatic carbocycles. The van der Waals surface area contributed by atoms with Gasteiger partial charge in [0, 0.05) is 33.5 Å². The molecule has 1 amide bonds. The fourth-order valence-electron chi connectivity index (χ4n) is 3.32. The van der Waals surface area contributed by atoms with Crippen LogP contribution in [0.5, 0.6) is 0 Å². The van der Waals surface area contributed by atoms with E-state index in [0.717, 1.165) is 6.42 Å². The molecule has 0 aromatic heterocycles. The van der Waals surface area contributed by atoms with Crippen LogP contribution in [0.25, 0.3) is 0 Å². The highest BCUT2D eigenvalue weighted by Gasteiger charge is 2.40. The minimum atomic E-state index is 0.0369. The molecule has 1 N–H and O–H groups in total. The molecule has 4 unspecified atom stereocenters. The second-order valence-electron chi connectivity index (χ2n) is 5.56. The number of nitrogens with zero attached hydrogens (tertiary/aromatic N) is 1. The van der Waals surface area contributed by atoms with Gasteiger partial charge in [0.2, 0.25) is 5.91 Å². The standard InChI is InChI=1S/C15H24N2O2/c1-10-14(19-4)6-5-13-15(10)12(9-17(13)3)7-8-16-11(2)18/h5-6,9-10,13-15H,7-8H2,1-4H3,(H,16,18). The summed E-state index contributed by atoms with van der Waals surface area (Å²) >= 11 is 0. The van der Waals surface area contributed by atoms with Crippen LogP contribution in [0.4, 0.5) is 0 Å². The van der Waals surface area contributed by atoms with Crippen molar-refractivity contribution in [2.75, 3.05) is 20.7 Å². The molecule has 1 aliphatic carbocycles. The Kier molecular flexibility index (Phi) is 4.30. The van der Waals surface area contributed by atoms with Gasteiger partial charge in [-0.1, -0.05) is 19.1 Å². The van der Waals surface area contributed by atoms with E-state index in [-0.39, 0.29) is 12.0 Å². The number of rotatable bonds is 4. The maximum Gasteiger partial charge on any atom is 0.216 e. The minimum absolute atomic E-state index is 0.0369. The van der Waals surface area contributed by atoms with Crippen molar-refractivity contribution in [3.63, 3.8) is 0 Å². The summed E-state index contributed by atoms with van der Waals surface area (Å²) in [5.41, 5.74) is 1.42. The number of ether oxygens (including phenoxy) is 1. The van der Waals surface area contributed by atoms with Crippen LogP contribution in [-0.4, -0.2) is 43.7 Å². The zero-order chi connectivity index (χ0) is 14.0. The van der Waals surface area contributed by atoms with E-state index in [2.05, 4.69) is 42.5 Å².